The van der Waals surface area contributed by atoms with Crippen molar-refractivity contribution in [2.24, 2.45) is 11.1 Å². The second-order valence-corrected chi connectivity index (χ2v) is 6.05. The number of thiocarbonyl (C=S) groups is 1. The van der Waals surface area contributed by atoms with Crippen molar-refractivity contribution in [2.45, 2.75) is 33.6 Å². The maximum atomic E-state index is 5.74. The topological polar surface area (TPSA) is 29.3 Å². The molecule has 0 saturated carbocycles. The standard InChI is InChI=1S/C15H24N2S/c1-12-7-5-8-13(11-12)17(4)10-6-9-15(2,3)14(16)18/h5,7-8,11H,6,9-10H2,1-4H3,(H2,16,18). The van der Waals surface area contributed by atoms with Gasteiger partial charge >= 0.3 is 0 Å². The summed E-state index contributed by atoms with van der Waals surface area (Å²) in [6.45, 7) is 7.37. The Kier molecular flexibility index (Phi) is 5.15. The molecule has 0 fully saturated rings. The van der Waals surface area contributed by atoms with Crippen LogP contribution in [0.2, 0.25) is 0 Å². The van der Waals surface area contributed by atoms with Gasteiger partial charge in [-0.25, -0.2) is 0 Å². The van der Waals surface area contributed by atoms with Crippen molar-refractivity contribution in [3.8, 4) is 0 Å². The van der Waals surface area contributed by atoms with E-state index in [-0.39, 0.29) is 5.41 Å². The molecule has 3 heteroatoms. The average Bonchev–Trinajstić information content (AvgIpc) is 2.28. The van der Waals surface area contributed by atoms with E-state index in [1.165, 1.54) is 11.3 Å². The number of hydrogen-bond donors (Lipinski definition) is 1. The zero-order valence-corrected chi connectivity index (χ0v) is 12.7. The van der Waals surface area contributed by atoms with Crippen LogP contribution < -0.4 is 10.6 Å². The molecule has 0 atom stereocenters. The fourth-order valence-electron chi connectivity index (χ4n) is 1.88. The van der Waals surface area contributed by atoms with Gasteiger partial charge in [-0.05, 0) is 37.5 Å². The third-order valence-corrected chi connectivity index (χ3v) is 3.96. The van der Waals surface area contributed by atoms with Gasteiger partial charge in [0, 0.05) is 24.7 Å². The van der Waals surface area contributed by atoms with E-state index in [0.29, 0.717) is 4.99 Å². The second kappa shape index (κ2) is 6.19. The lowest BCUT2D eigenvalue weighted by Gasteiger charge is -2.25. The lowest BCUT2D eigenvalue weighted by atomic mass is 9.88. The van der Waals surface area contributed by atoms with E-state index in [1.807, 2.05) is 0 Å². The molecule has 1 rings (SSSR count). The Labute approximate surface area is 116 Å². The number of rotatable bonds is 6. The van der Waals surface area contributed by atoms with E-state index in [1.54, 1.807) is 0 Å². The molecule has 0 radical (unpaired) electrons. The summed E-state index contributed by atoms with van der Waals surface area (Å²) < 4.78 is 0. The summed E-state index contributed by atoms with van der Waals surface area (Å²) in [6, 6.07) is 8.57. The van der Waals surface area contributed by atoms with Gasteiger partial charge in [0.2, 0.25) is 0 Å². The van der Waals surface area contributed by atoms with Crippen molar-refractivity contribution in [1.29, 1.82) is 0 Å². The fraction of sp³-hybridized carbons (Fsp3) is 0.533. The van der Waals surface area contributed by atoms with Crippen LogP contribution in [0.3, 0.4) is 0 Å². The highest BCUT2D eigenvalue weighted by atomic mass is 32.1. The maximum Gasteiger partial charge on any atom is 0.0784 e. The zero-order chi connectivity index (χ0) is 13.8. The number of nitrogens with two attached hydrogens (primary N) is 1. The van der Waals surface area contributed by atoms with Crippen LogP contribution in [0.4, 0.5) is 5.69 Å². The first-order valence-corrected chi connectivity index (χ1v) is 6.81. The summed E-state index contributed by atoms with van der Waals surface area (Å²) in [5.41, 5.74) is 8.26. The summed E-state index contributed by atoms with van der Waals surface area (Å²) in [5, 5.41) is 0. The Hall–Kier alpha value is -1.09. The van der Waals surface area contributed by atoms with Gasteiger partial charge in [-0.1, -0.05) is 38.2 Å². The van der Waals surface area contributed by atoms with Crippen LogP contribution in [0.1, 0.15) is 32.3 Å². The molecule has 0 spiro atoms. The van der Waals surface area contributed by atoms with Crippen LogP contribution in [0.5, 0.6) is 0 Å². The number of hydrogen-bond acceptors (Lipinski definition) is 2. The molecular weight excluding hydrogens is 240 g/mol. The number of aryl methyl sites for hydroxylation is 1. The highest BCUT2D eigenvalue weighted by Crippen LogP contribution is 2.23. The van der Waals surface area contributed by atoms with Gasteiger partial charge in [-0.15, -0.1) is 0 Å². The van der Waals surface area contributed by atoms with E-state index in [0.717, 1.165) is 19.4 Å². The summed E-state index contributed by atoms with van der Waals surface area (Å²) >= 11 is 5.09. The van der Waals surface area contributed by atoms with Crippen LogP contribution in [0, 0.1) is 12.3 Å². The zero-order valence-electron chi connectivity index (χ0n) is 11.9. The van der Waals surface area contributed by atoms with Crippen LogP contribution in [-0.2, 0) is 0 Å². The molecular formula is C15H24N2S. The van der Waals surface area contributed by atoms with Crippen LogP contribution >= 0.6 is 12.2 Å². The Morgan fingerprint density at radius 1 is 1.39 bits per heavy atom. The van der Waals surface area contributed by atoms with Gasteiger partial charge in [0.25, 0.3) is 0 Å². The predicted molar refractivity (Wildman–Crippen MR) is 84.2 cm³/mol. The highest BCUT2D eigenvalue weighted by molar-refractivity contribution is 7.80. The van der Waals surface area contributed by atoms with E-state index in [9.17, 15) is 0 Å². The largest absolute Gasteiger partial charge is 0.393 e. The third-order valence-electron chi connectivity index (χ3n) is 3.40. The second-order valence-electron chi connectivity index (χ2n) is 5.61. The lowest BCUT2D eigenvalue weighted by molar-refractivity contribution is 0.461. The van der Waals surface area contributed by atoms with Gasteiger partial charge in [0.15, 0.2) is 0 Å². The van der Waals surface area contributed by atoms with E-state index in [4.69, 9.17) is 18.0 Å². The Balaban J connectivity index is 2.47. The molecule has 0 aliphatic rings. The fourth-order valence-corrected chi connectivity index (χ4v) is 1.98. The number of nitrogens with zero attached hydrogens (tertiary/aromatic N) is 1. The smallest absolute Gasteiger partial charge is 0.0784 e. The van der Waals surface area contributed by atoms with Crippen molar-refractivity contribution in [2.75, 3.05) is 18.5 Å². The summed E-state index contributed by atoms with van der Waals surface area (Å²) in [7, 11) is 2.13. The van der Waals surface area contributed by atoms with E-state index < -0.39 is 0 Å². The van der Waals surface area contributed by atoms with Gasteiger partial charge in [-0.3, -0.25) is 0 Å². The number of benzene rings is 1. The first kappa shape index (κ1) is 15.0. The molecule has 0 aliphatic carbocycles. The number of anilines is 1. The molecule has 0 aliphatic heterocycles. The molecule has 1 aromatic rings. The molecule has 0 unspecified atom stereocenters. The maximum absolute atomic E-state index is 5.74. The summed E-state index contributed by atoms with van der Waals surface area (Å²) in [6.07, 6.45) is 2.12. The summed E-state index contributed by atoms with van der Waals surface area (Å²) in [5.74, 6) is 0. The Bertz CT molecular complexity index is 413. The molecule has 0 heterocycles. The molecule has 0 bridgehead atoms. The molecule has 2 nitrogen and oxygen atoms in total. The van der Waals surface area contributed by atoms with Crippen molar-refractivity contribution < 1.29 is 0 Å². The average molecular weight is 264 g/mol. The van der Waals surface area contributed by atoms with Gasteiger partial charge in [-0.2, -0.15) is 0 Å². The molecule has 0 amide bonds. The van der Waals surface area contributed by atoms with E-state index in [2.05, 4.69) is 57.0 Å². The van der Waals surface area contributed by atoms with Gasteiger partial charge in [0.1, 0.15) is 0 Å². The minimum Gasteiger partial charge on any atom is -0.393 e. The lowest BCUT2D eigenvalue weighted by Crippen LogP contribution is -2.31. The first-order valence-electron chi connectivity index (χ1n) is 6.40. The molecule has 18 heavy (non-hydrogen) atoms. The highest BCUT2D eigenvalue weighted by Gasteiger charge is 2.20. The van der Waals surface area contributed by atoms with Crippen molar-refractivity contribution in [3.63, 3.8) is 0 Å². The Morgan fingerprint density at radius 3 is 2.61 bits per heavy atom. The Morgan fingerprint density at radius 2 is 2.06 bits per heavy atom. The predicted octanol–water partition coefficient (Wildman–Crippen LogP) is 3.52. The minimum atomic E-state index is -0.0389. The molecule has 100 valence electrons. The molecule has 2 N–H and O–H groups in total. The summed E-state index contributed by atoms with van der Waals surface area (Å²) in [4.78, 5) is 2.89. The quantitative estimate of drug-likeness (QED) is 0.797. The molecule has 0 aromatic heterocycles. The SMILES string of the molecule is Cc1cccc(N(C)CCCC(C)(C)C(N)=S)c1. The van der Waals surface area contributed by atoms with Crippen molar-refractivity contribution in [3.05, 3.63) is 29.8 Å². The first-order chi connectivity index (χ1) is 8.33. The van der Waals surface area contributed by atoms with Crippen molar-refractivity contribution in [1.82, 2.24) is 0 Å². The molecule has 0 saturated heterocycles. The van der Waals surface area contributed by atoms with Crippen LogP contribution in [0.15, 0.2) is 24.3 Å². The minimum absolute atomic E-state index is 0.0389. The van der Waals surface area contributed by atoms with Gasteiger partial charge in [0.05, 0.1) is 4.99 Å². The third kappa shape index (κ3) is 4.30. The van der Waals surface area contributed by atoms with Crippen molar-refractivity contribution >= 4 is 22.9 Å². The van der Waals surface area contributed by atoms with E-state index >= 15 is 0 Å². The van der Waals surface area contributed by atoms with Gasteiger partial charge < -0.3 is 10.6 Å². The monoisotopic (exact) mass is 264 g/mol. The molecule has 1 aromatic carbocycles. The van der Waals surface area contributed by atoms with Crippen LogP contribution in [0.25, 0.3) is 0 Å². The normalized spacial score (nSPS) is 11.3. The van der Waals surface area contributed by atoms with Crippen LogP contribution in [-0.4, -0.2) is 18.6 Å².